The molecule has 0 aromatic heterocycles. The van der Waals surface area contributed by atoms with Crippen molar-refractivity contribution in [2.75, 3.05) is 20.3 Å². The zero-order valence-corrected chi connectivity index (χ0v) is 16.3. The van der Waals surface area contributed by atoms with Gasteiger partial charge in [-0.05, 0) is 49.1 Å². The van der Waals surface area contributed by atoms with Gasteiger partial charge in [0.15, 0.2) is 11.5 Å². The van der Waals surface area contributed by atoms with Gasteiger partial charge in [-0.25, -0.2) is 0 Å². The molecule has 1 aliphatic rings. The summed E-state index contributed by atoms with van der Waals surface area (Å²) in [6.45, 7) is 8.11. The molecule has 0 unspecified atom stereocenters. The molecule has 27 heavy (non-hydrogen) atoms. The number of hydrogen-bond donors (Lipinski definition) is 0. The zero-order valence-electron chi connectivity index (χ0n) is 16.3. The summed E-state index contributed by atoms with van der Waals surface area (Å²) in [4.78, 5) is 26.5. The van der Waals surface area contributed by atoms with Gasteiger partial charge in [0.1, 0.15) is 11.6 Å². The van der Waals surface area contributed by atoms with E-state index in [1.807, 2.05) is 26.8 Å². The third-order valence-corrected chi connectivity index (χ3v) is 4.17. The Balaban J connectivity index is 2.54. The molecule has 0 aliphatic carbocycles. The molecule has 1 heterocycles. The van der Waals surface area contributed by atoms with E-state index in [2.05, 4.69) is 0 Å². The van der Waals surface area contributed by atoms with Crippen molar-refractivity contribution in [3.63, 3.8) is 0 Å². The summed E-state index contributed by atoms with van der Waals surface area (Å²) in [6.07, 6.45) is 1.67. The van der Waals surface area contributed by atoms with Crippen LogP contribution in [0.1, 0.15) is 33.3 Å². The molecule has 2 rings (SSSR count). The predicted molar refractivity (Wildman–Crippen MR) is 102 cm³/mol. The summed E-state index contributed by atoms with van der Waals surface area (Å²) in [5.74, 6) is 0.335. The molecule has 0 bridgehead atoms. The maximum Gasteiger partial charge on any atom is 0.271 e. The van der Waals surface area contributed by atoms with E-state index in [0.717, 1.165) is 4.90 Å². The van der Waals surface area contributed by atoms with Crippen LogP contribution in [0, 0.1) is 17.2 Å². The lowest BCUT2D eigenvalue weighted by Gasteiger charge is -2.28. The van der Waals surface area contributed by atoms with Crippen molar-refractivity contribution in [1.82, 2.24) is 4.90 Å². The van der Waals surface area contributed by atoms with Crippen LogP contribution in [0.4, 0.5) is 0 Å². The quantitative estimate of drug-likeness (QED) is 0.568. The molecule has 0 atom stereocenters. The van der Waals surface area contributed by atoms with Crippen LogP contribution in [-0.4, -0.2) is 37.0 Å². The number of hydrogen-bond acceptors (Lipinski definition) is 5. The highest BCUT2D eigenvalue weighted by Crippen LogP contribution is 2.31. The number of nitrogens with zero attached hydrogens (tertiary/aromatic N) is 2. The zero-order chi connectivity index (χ0) is 20.1. The summed E-state index contributed by atoms with van der Waals surface area (Å²) < 4.78 is 10.9. The molecule has 0 saturated carbocycles. The number of nitriles is 1. The number of benzene rings is 1. The van der Waals surface area contributed by atoms with E-state index >= 15 is 0 Å². The predicted octanol–water partition coefficient (Wildman–Crippen LogP) is 3.34. The Hall–Kier alpha value is -3.07. The van der Waals surface area contributed by atoms with Crippen LogP contribution in [0.25, 0.3) is 6.08 Å². The van der Waals surface area contributed by atoms with E-state index < -0.39 is 11.8 Å². The van der Waals surface area contributed by atoms with Crippen molar-refractivity contribution in [1.29, 1.82) is 5.26 Å². The normalized spacial score (nSPS) is 16.2. The molecule has 0 spiro atoms. The van der Waals surface area contributed by atoms with Gasteiger partial charge in [-0.15, -0.1) is 0 Å². The van der Waals surface area contributed by atoms with Crippen LogP contribution in [-0.2, 0) is 9.59 Å². The van der Waals surface area contributed by atoms with E-state index in [9.17, 15) is 14.9 Å². The highest BCUT2D eigenvalue weighted by atomic mass is 16.5. The van der Waals surface area contributed by atoms with Crippen LogP contribution in [0.2, 0.25) is 0 Å². The molecule has 0 N–H and O–H groups in total. The average molecular weight is 368 g/mol. The van der Waals surface area contributed by atoms with Gasteiger partial charge in [-0.2, -0.15) is 5.26 Å². The molecule has 0 saturated heterocycles. The first kappa shape index (κ1) is 20.2. The Morgan fingerprint density at radius 3 is 2.48 bits per heavy atom. The summed E-state index contributed by atoms with van der Waals surface area (Å²) in [7, 11) is 1.54. The monoisotopic (exact) mass is 368 g/mol. The van der Waals surface area contributed by atoms with Gasteiger partial charge in [0.05, 0.1) is 13.7 Å². The lowest BCUT2D eigenvalue weighted by molar-refractivity contribution is -0.141. The highest BCUT2D eigenvalue weighted by molar-refractivity contribution is 6.19. The second kappa shape index (κ2) is 8.54. The van der Waals surface area contributed by atoms with Crippen molar-refractivity contribution in [3.05, 3.63) is 40.5 Å². The molecule has 142 valence electrons. The average Bonchev–Trinajstić information content (AvgIpc) is 2.64. The number of amides is 2. The molecular formula is C21H24N2O4. The van der Waals surface area contributed by atoms with Crippen LogP contribution in [0.3, 0.4) is 0 Å². The third-order valence-electron chi connectivity index (χ3n) is 4.17. The largest absolute Gasteiger partial charge is 0.493 e. The Bertz CT molecular complexity index is 859. The standard InChI is InChI=1S/C21H24N2O4/c1-6-27-18-8-7-15(10-19(18)26-5)9-16-14(4)17(11-22)21(25)23(20(16)24)12-13(2)3/h7-10,13H,6,12H2,1-5H3/b16-9+. The van der Waals surface area contributed by atoms with Gasteiger partial charge in [0, 0.05) is 12.1 Å². The summed E-state index contributed by atoms with van der Waals surface area (Å²) >= 11 is 0. The molecular weight excluding hydrogens is 344 g/mol. The van der Waals surface area contributed by atoms with Gasteiger partial charge in [0.25, 0.3) is 11.8 Å². The van der Waals surface area contributed by atoms with Gasteiger partial charge >= 0.3 is 0 Å². The van der Waals surface area contributed by atoms with E-state index in [1.165, 1.54) is 0 Å². The fourth-order valence-electron chi connectivity index (χ4n) is 2.88. The molecule has 6 nitrogen and oxygen atoms in total. The SMILES string of the molecule is CCOc1ccc(/C=C2/C(=O)N(CC(C)C)C(=O)C(C#N)=C2C)cc1OC. The molecule has 0 radical (unpaired) electrons. The first-order valence-electron chi connectivity index (χ1n) is 8.84. The van der Waals surface area contributed by atoms with Crippen molar-refractivity contribution >= 4 is 17.9 Å². The van der Waals surface area contributed by atoms with E-state index in [-0.39, 0.29) is 18.0 Å². The fraction of sp³-hybridized carbons (Fsp3) is 0.381. The lowest BCUT2D eigenvalue weighted by Crippen LogP contribution is -2.44. The number of carbonyl (C=O) groups is 2. The Morgan fingerprint density at radius 2 is 1.93 bits per heavy atom. The molecule has 1 aromatic carbocycles. The van der Waals surface area contributed by atoms with Crippen LogP contribution >= 0.6 is 0 Å². The number of carbonyl (C=O) groups excluding carboxylic acids is 2. The lowest BCUT2D eigenvalue weighted by atomic mass is 9.93. The molecule has 2 amide bonds. The van der Waals surface area contributed by atoms with E-state index in [0.29, 0.717) is 34.8 Å². The minimum absolute atomic E-state index is 0.000554. The Morgan fingerprint density at radius 1 is 1.22 bits per heavy atom. The number of rotatable bonds is 6. The van der Waals surface area contributed by atoms with Crippen LogP contribution < -0.4 is 9.47 Å². The topological polar surface area (TPSA) is 79.6 Å². The van der Waals surface area contributed by atoms with Gasteiger partial charge in [0.2, 0.25) is 0 Å². The summed E-state index contributed by atoms with van der Waals surface area (Å²) in [6, 6.07) is 7.27. The summed E-state index contributed by atoms with van der Waals surface area (Å²) in [5, 5.41) is 9.40. The first-order valence-corrected chi connectivity index (χ1v) is 8.84. The van der Waals surface area contributed by atoms with Crippen molar-refractivity contribution in [2.45, 2.75) is 27.7 Å². The molecule has 1 aromatic rings. The summed E-state index contributed by atoms with van der Waals surface area (Å²) in [5.41, 5.74) is 1.44. The molecule has 1 aliphatic heterocycles. The maximum absolute atomic E-state index is 12.9. The second-order valence-corrected chi connectivity index (χ2v) is 6.63. The number of methoxy groups -OCH3 is 1. The fourth-order valence-corrected chi connectivity index (χ4v) is 2.88. The minimum Gasteiger partial charge on any atom is -0.493 e. The number of imide groups is 1. The Labute approximate surface area is 159 Å². The molecule has 0 fully saturated rings. The van der Waals surface area contributed by atoms with Gasteiger partial charge in [-0.1, -0.05) is 19.9 Å². The van der Waals surface area contributed by atoms with Crippen molar-refractivity contribution < 1.29 is 19.1 Å². The smallest absolute Gasteiger partial charge is 0.271 e. The Kier molecular flexibility index (Phi) is 6.40. The van der Waals surface area contributed by atoms with Crippen LogP contribution in [0.5, 0.6) is 11.5 Å². The number of ether oxygens (including phenoxy) is 2. The maximum atomic E-state index is 12.9. The minimum atomic E-state index is -0.532. The van der Waals surface area contributed by atoms with E-state index in [1.54, 1.807) is 38.3 Å². The van der Waals surface area contributed by atoms with E-state index in [4.69, 9.17) is 9.47 Å². The van der Waals surface area contributed by atoms with Crippen molar-refractivity contribution in [3.8, 4) is 17.6 Å². The van der Waals surface area contributed by atoms with Gasteiger partial charge < -0.3 is 9.47 Å². The third kappa shape index (κ3) is 4.20. The second-order valence-electron chi connectivity index (χ2n) is 6.63. The van der Waals surface area contributed by atoms with Crippen LogP contribution in [0.15, 0.2) is 34.9 Å². The van der Waals surface area contributed by atoms with Gasteiger partial charge in [-0.3, -0.25) is 14.5 Å². The highest BCUT2D eigenvalue weighted by Gasteiger charge is 2.35. The van der Waals surface area contributed by atoms with Crippen molar-refractivity contribution in [2.24, 2.45) is 5.92 Å². The molecule has 6 heteroatoms. The first-order chi connectivity index (χ1) is 12.8.